The van der Waals surface area contributed by atoms with Gasteiger partial charge in [-0.1, -0.05) is 36.4 Å². The molecule has 0 saturated carbocycles. The molecule has 0 radical (unpaired) electrons. The van der Waals surface area contributed by atoms with E-state index in [4.69, 9.17) is 5.11 Å². The van der Waals surface area contributed by atoms with Crippen LogP contribution in [0.1, 0.15) is 24.2 Å². The summed E-state index contributed by atoms with van der Waals surface area (Å²) in [5, 5.41) is 19.6. The number of aromatic nitrogens is 2. The van der Waals surface area contributed by atoms with Crippen LogP contribution in [0.4, 0.5) is 10.7 Å². The maximum atomic E-state index is 11.2. The largest absolute Gasteiger partial charge is 0.465 e. The molecule has 1 aromatic heterocycles. The summed E-state index contributed by atoms with van der Waals surface area (Å²) in [4.78, 5) is 19.6. The average Bonchev–Trinajstić information content (AvgIpc) is 2.97. The molecule has 3 aromatic rings. The first-order valence-electron chi connectivity index (χ1n) is 7.33. The van der Waals surface area contributed by atoms with Gasteiger partial charge in [-0.2, -0.15) is 0 Å². The number of amides is 1. The van der Waals surface area contributed by atoms with Crippen LogP contribution in [-0.2, 0) is 0 Å². The molecule has 1 atom stereocenters. The second kappa shape index (κ2) is 6.10. The highest BCUT2D eigenvalue weighted by atomic mass is 16.4. The standard InChI is InChI=1S/C17H17N3O3/c1-2-20(17(22)23)16-18-13-9-8-12(10-14(13)19-16)15(21)11-6-4-3-5-7-11/h3-10,15,21H,2H2,1H3,(H,18,19)(H,22,23). The number of nitrogens with zero attached hydrogens (tertiary/aromatic N) is 2. The first-order chi connectivity index (χ1) is 11.1. The topological polar surface area (TPSA) is 89.5 Å². The molecular weight excluding hydrogens is 294 g/mol. The Kier molecular flexibility index (Phi) is 3.99. The zero-order valence-corrected chi connectivity index (χ0v) is 12.6. The molecule has 0 aliphatic carbocycles. The third-order valence-electron chi connectivity index (χ3n) is 3.73. The van der Waals surface area contributed by atoms with Crippen LogP contribution in [0.15, 0.2) is 48.5 Å². The summed E-state index contributed by atoms with van der Waals surface area (Å²) in [6, 6.07) is 14.7. The number of fused-ring (bicyclic) bond motifs is 1. The Labute approximate surface area is 133 Å². The van der Waals surface area contributed by atoms with E-state index in [2.05, 4.69) is 9.97 Å². The zero-order chi connectivity index (χ0) is 16.4. The molecule has 0 spiro atoms. The van der Waals surface area contributed by atoms with E-state index in [1.807, 2.05) is 30.3 Å². The predicted octanol–water partition coefficient (Wildman–Crippen LogP) is 3.15. The summed E-state index contributed by atoms with van der Waals surface area (Å²) < 4.78 is 0. The quantitative estimate of drug-likeness (QED) is 0.690. The molecule has 0 aliphatic heterocycles. The van der Waals surface area contributed by atoms with E-state index in [1.165, 1.54) is 0 Å². The van der Waals surface area contributed by atoms with Gasteiger partial charge in [0.05, 0.1) is 11.0 Å². The smallest absolute Gasteiger partial charge is 0.414 e. The first-order valence-corrected chi connectivity index (χ1v) is 7.33. The second-order valence-corrected chi connectivity index (χ2v) is 5.18. The van der Waals surface area contributed by atoms with Gasteiger partial charge in [0.25, 0.3) is 0 Å². The van der Waals surface area contributed by atoms with E-state index in [0.717, 1.165) is 16.0 Å². The number of carboxylic acid groups (broad SMARTS) is 1. The van der Waals surface area contributed by atoms with Gasteiger partial charge in [0, 0.05) is 6.54 Å². The number of benzene rings is 2. The van der Waals surface area contributed by atoms with Crippen molar-refractivity contribution in [2.45, 2.75) is 13.0 Å². The van der Waals surface area contributed by atoms with Gasteiger partial charge < -0.3 is 15.2 Å². The number of aliphatic hydroxyl groups is 1. The van der Waals surface area contributed by atoms with Gasteiger partial charge in [0.1, 0.15) is 6.10 Å². The minimum absolute atomic E-state index is 0.279. The van der Waals surface area contributed by atoms with Crippen molar-refractivity contribution in [1.29, 1.82) is 0 Å². The van der Waals surface area contributed by atoms with Crippen molar-refractivity contribution < 1.29 is 15.0 Å². The lowest BCUT2D eigenvalue weighted by Gasteiger charge is -2.12. The Morgan fingerprint density at radius 1 is 1.22 bits per heavy atom. The third kappa shape index (κ3) is 2.89. The van der Waals surface area contributed by atoms with Crippen molar-refractivity contribution in [3.63, 3.8) is 0 Å². The van der Waals surface area contributed by atoms with Crippen LogP contribution < -0.4 is 4.90 Å². The van der Waals surface area contributed by atoms with Crippen molar-refractivity contribution in [2.75, 3.05) is 11.4 Å². The van der Waals surface area contributed by atoms with E-state index >= 15 is 0 Å². The predicted molar refractivity (Wildman–Crippen MR) is 87.6 cm³/mol. The zero-order valence-electron chi connectivity index (χ0n) is 12.6. The molecule has 0 bridgehead atoms. The molecule has 1 unspecified atom stereocenters. The summed E-state index contributed by atoms with van der Waals surface area (Å²) in [6.07, 6.45) is -1.80. The maximum absolute atomic E-state index is 11.2. The monoisotopic (exact) mass is 311 g/mol. The van der Waals surface area contributed by atoms with E-state index in [0.29, 0.717) is 17.6 Å². The molecule has 3 N–H and O–H groups in total. The minimum atomic E-state index is -1.06. The highest BCUT2D eigenvalue weighted by Gasteiger charge is 2.17. The van der Waals surface area contributed by atoms with E-state index < -0.39 is 12.2 Å². The van der Waals surface area contributed by atoms with Crippen LogP contribution >= 0.6 is 0 Å². The Morgan fingerprint density at radius 3 is 2.61 bits per heavy atom. The molecule has 118 valence electrons. The van der Waals surface area contributed by atoms with Crippen LogP contribution in [0.25, 0.3) is 11.0 Å². The minimum Gasteiger partial charge on any atom is -0.465 e. The normalized spacial score (nSPS) is 12.3. The van der Waals surface area contributed by atoms with Gasteiger partial charge in [0.15, 0.2) is 0 Å². The fourth-order valence-corrected chi connectivity index (χ4v) is 2.52. The molecule has 6 heteroatoms. The fourth-order valence-electron chi connectivity index (χ4n) is 2.52. The number of carbonyl (C=O) groups is 1. The van der Waals surface area contributed by atoms with Gasteiger partial charge in [-0.3, -0.25) is 0 Å². The molecule has 0 saturated heterocycles. The number of hydrogen-bond donors (Lipinski definition) is 3. The molecule has 0 aliphatic rings. The lowest BCUT2D eigenvalue weighted by molar-refractivity contribution is 0.202. The summed E-state index contributed by atoms with van der Waals surface area (Å²) in [6.45, 7) is 2.04. The van der Waals surface area contributed by atoms with Crippen LogP contribution in [0.3, 0.4) is 0 Å². The molecule has 0 fully saturated rings. The van der Waals surface area contributed by atoms with Crippen molar-refractivity contribution in [1.82, 2.24) is 9.97 Å². The second-order valence-electron chi connectivity index (χ2n) is 5.18. The Hall–Kier alpha value is -2.86. The average molecular weight is 311 g/mol. The Morgan fingerprint density at radius 2 is 1.96 bits per heavy atom. The summed E-state index contributed by atoms with van der Waals surface area (Å²) >= 11 is 0. The van der Waals surface area contributed by atoms with Crippen molar-refractivity contribution in [2.24, 2.45) is 0 Å². The molecule has 23 heavy (non-hydrogen) atoms. The highest BCUT2D eigenvalue weighted by molar-refractivity contribution is 5.87. The number of rotatable bonds is 4. The molecule has 2 aromatic carbocycles. The summed E-state index contributed by atoms with van der Waals surface area (Å²) in [7, 11) is 0. The SMILES string of the molecule is CCN(C(=O)O)c1nc2ccc(C(O)c3ccccc3)cc2[nH]1. The number of hydrogen-bond acceptors (Lipinski definition) is 3. The molecular formula is C17H17N3O3. The van der Waals surface area contributed by atoms with Crippen LogP contribution in [0.2, 0.25) is 0 Å². The fraction of sp³-hybridized carbons (Fsp3) is 0.176. The van der Waals surface area contributed by atoms with Crippen LogP contribution in [0, 0.1) is 0 Å². The Balaban J connectivity index is 1.98. The van der Waals surface area contributed by atoms with Gasteiger partial charge in [-0.05, 0) is 30.2 Å². The maximum Gasteiger partial charge on any atom is 0.414 e. The summed E-state index contributed by atoms with van der Waals surface area (Å²) in [5.74, 6) is 0.279. The first kappa shape index (κ1) is 15.1. The lowest BCUT2D eigenvalue weighted by atomic mass is 10.0. The van der Waals surface area contributed by atoms with Crippen molar-refractivity contribution in [3.8, 4) is 0 Å². The van der Waals surface area contributed by atoms with Crippen molar-refractivity contribution >= 4 is 23.1 Å². The summed E-state index contributed by atoms with van der Waals surface area (Å²) in [5.41, 5.74) is 2.86. The van der Waals surface area contributed by atoms with Gasteiger partial charge >= 0.3 is 6.09 Å². The highest BCUT2D eigenvalue weighted by Crippen LogP contribution is 2.26. The van der Waals surface area contributed by atoms with E-state index in [9.17, 15) is 9.90 Å². The van der Waals surface area contributed by atoms with E-state index in [-0.39, 0.29) is 5.95 Å². The van der Waals surface area contributed by atoms with Crippen LogP contribution in [0.5, 0.6) is 0 Å². The number of aliphatic hydroxyl groups excluding tert-OH is 1. The lowest BCUT2D eigenvalue weighted by Crippen LogP contribution is -2.29. The van der Waals surface area contributed by atoms with Crippen LogP contribution in [-0.4, -0.2) is 32.8 Å². The van der Waals surface area contributed by atoms with Crippen molar-refractivity contribution in [3.05, 3.63) is 59.7 Å². The Bertz CT molecular complexity index is 829. The van der Waals surface area contributed by atoms with Gasteiger partial charge in [-0.25, -0.2) is 14.7 Å². The third-order valence-corrected chi connectivity index (χ3v) is 3.73. The van der Waals surface area contributed by atoms with Gasteiger partial charge in [-0.15, -0.1) is 0 Å². The number of anilines is 1. The number of imidazole rings is 1. The number of nitrogens with one attached hydrogen (secondary N) is 1. The van der Waals surface area contributed by atoms with Gasteiger partial charge in [0.2, 0.25) is 5.95 Å². The molecule has 1 amide bonds. The molecule has 1 heterocycles. The molecule has 3 rings (SSSR count). The molecule has 6 nitrogen and oxygen atoms in total. The number of aromatic amines is 1. The van der Waals surface area contributed by atoms with E-state index in [1.54, 1.807) is 25.1 Å². The number of H-pyrrole nitrogens is 1.